The van der Waals surface area contributed by atoms with E-state index in [0.717, 1.165) is 25.9 Å². The average molecular weight is 390 g/mol. The zero-order chi connectivity index (χ0) is 17.7. The number of nitrogens with zero attached hydrogens (tertiary/aromatic N) is 1. The van der Waals surface area contributed by atoms with Crippen LogP contribution >= 0.6 is 12.4 Å². The lowest BCUT2D eigenvalue weighted by molar-refractivity contribution is 0.0944. The van der Waals surface area contributed by atoms with Crippen LogP contribution in [0.1, 0.15) is 37.0 Å². The number of nitrogens with one attached hydrogen (secondary N) is 2. The fraction of sp³-hybridized carbons (Fsp3) is 0.588. The number of amides is 1. The molecule has 25 heavy (non-hydrogen) atoms. The second kappa shape index (κ2) is 9.52. The van der Waals surface area contributed by atoms with Crippen LogP contribution in [0, 0.1) is 5.92 Å². The number of carbonyl (C=O) groups is 1. The fourth-order valence-electron chi connectivity index (χ4n) is 2.68. The highest BCUT2D eigenvalue weighted by atomic mass is 35.5. The van der Waals surface area contributed by atoms with Crippen molar-refractivity contribution in [2.75, 3.05) is 26.7 Å². The van der Waals surface area contributed by atoms with Gasteiger partial charge in [0.2, 0.25) is 10.0 Å². The van der Waals surface area contributed by atoms with Crippen molar-refractivity contribution in [1.82, 2.24) is 14.9 Å². The van der Waals surface area contributed by atoms with Gasteiger partial charge in [0.15, 0.2) is 0 Å². The predicted octanol–water partition coefficient (Wildman–Crippen LogP) is 1.87. The van der Waals surface area contributed by atoms with Crippen molar-refractivity contribution in [2.45, 2.75) is 37.6 Å². The number of carbonyl (C=O) groups excluding carboxylic acids is 1. The topological polar surface area (TPSA) is 78.5 Å². The zero-order valence-electron chi connectivity index (χ0n) is 15.0. The summed E-state index contributed by atoms with van der Waals surface area (Å²) < 4.78 is 26.4. The molecule has 8 heteroatoms. The van der Waals surface area contributed by atoms with Crippen LogP contribution in [-0.4, -0.2) is 51.4 Å². The summed E-state index contributed by atoms with van der Waals surface area (Å²) >= 11 is 0. The summed E-state index contributed by atoms with van der Waals surface area (Å²) in [7, 11) is -2.04. The zero-order valence-corrected chi connectivity index (χ0v) is 16.6. The standard InChI is InChI=1S/C17H27N3O3S.ClH/c1-13(2)20(3)24(22,23)16-8-4-7-15(10-16)17(21)19-12-14-6-5-9-18-11-14;/h4,7-8,10,13-14,18H,5-6,9,11-12H2,1-3H3,(H,19,21);1H. The van der Waals surface area contributed by atoms with Crippen LogP contribution in [0.2, 0.25) is 0 Å². The Bertz CT molecular complexity index is 673. The first-order valence-corrected chi connectivity index (χ1v) is 9.83. The molecule has 0 saturated carbocycles. The van der Waals surface area contributed by atoms with Crippen LogP contribution in [0.5, 0.6) is 0 Å². The molecule has 0 radical (unpaired) electrons. The van der Waals surface area contributed by atoms with Gasteiger partial charge in [-0.1, -0.05) is 6.07 Å². The highest BCUT2D eigenvalue weighted by Crippen LogP contribution is 2.18. The molecule has 1 heterocycles. The Balaban J connectivity index is 0.00000312. The van der Waals surface area contributed by atoms with E-state index in [9.17, 15) is 13.2 Å². The Morgan fingerprint density at radius 2 is 2.12 bits per heavy atom. The lowest BCUT2D eigenvalue weighted by Gasteiger charge is -2.23. The SMILES string of the molecule is CC(C)N(C)S(=O)(=O)c1cccc(C(=O)NCC2CCCNC2)c1.Cl. The van der Waals surface area contributed by atoms with E-state index in [2.05, 4.69) is 10.6 Å². The number of piperidine rings is 1. The quantitative estimate of drug-likeness (QED) is 0.778. The molecule has 1 saturated heterocycles. The van der Waals surface area contributed by atoms with Gasteiger partial charge in [0.1, 0.15) is 0 Å². The van der Waals surface area contributed by atoms with Gasteiger partial charge >= 0.3 is 0 Å². The molecule has 1 aromatic carbocycles. The normalized spacial score (nSPS) is 18.0. The number of hydrogen-bond donors (Lipinski definition) is 2. The molecule has 0 aromatic heterocycles. The first kappa shape index (κ1) is 21.9. The van der Waals surface area contributed by atoms with Gasteiger partial charge in [-0.15, -0.1) is 12.4 Å². The lowest BCUT2D eigenvalue weighted by Crippen LogP contribution is -2.38. The maximum absolute atomic E-state index is 12.5. The third-order valence-electron chi connectivity index (χ3n) is 4.45. The van der Waals surface area contributed by atoms with Crippen molar-refractivity contribution in [1.29, 1.82) is 0 Å². The summed E-state index contributed by atoms with van der Waals surface area (Å²) in [5.41, 5.74) is 0.372. The highest BCUT2D eigenvalue weighted by Gasteiger charge is 2.24. The summed E-state index contributed by atoms with van der Waals surface area (Å²) in [6.45, 7) is 6.18. The van der Waals surface area contributed by atoms with Crippen molar-refractivity contribution in [3.8, 4) is 0 Å². The molecule has 1 amide bonds. The molecule has 1 unspecified atom stereocenters. The Morgan fingerprint density at radius 1 is 1.40 bits per heavy atom. The fourth-order valence-corrected chi connectivity index (χ4v) is 4.09. The minimum absolute atomic E-state index is 0. The molecule has 0 spiro atoms. The summed E-state index contributed by atoms with van der Waals surface area (Å²) in [5.74, 6) is 0.200. The van der Waals surface area contributed by atoms with E-state index in [1.807, 2.05) is 13.8 Å². The molecule has 1 aromatic rings. The van der Waals surface area contributed by atoms with E-state index in [-0.39, 0.29) is 29.3 Å². The summed E-state index contributed by atoms with van der Waals surface area (Å²) in [5, 5.41) is 6.23. The highest BCUT2D eigenvalue weighted by molar-refractivity contribution is 7.89. The van der Waals surface area contributed by atoms with Crippen LogP contribution in [0.3, 0.4) is 0 Å². The Hall–Kier alpha value is -1.15. The van der Waals surface area contributed by atoms with Crippen LogP contribution in [0.25, 0.3) is 0 Å². The molecule has 0 bridgehead atoms. The largest absolute Gasteiger partial charge is 0.352 e. The van der Waals surface area contributed by atoms with Crippen molar-refractivity contribution >= 4 is 28.3 Å². The van der Waals surface area contributed by atoms with E-state index >= 15 is 0 Å². The van der Waals surface area contributed by atoms with E-state index in [0.29, 0.717) is 18.0 Å². The summed E-state index contributed by atoms with van der Waals surface area (Å²) in [6.07, 6.45) is 2.22. The monoisotopic (exact) mass is 389 g/mol. The van der Waals surface area contributed by atoms with Gasteiger partial charge < -0.3 is 10.6 Å². The molecule has 0 aliphatic carbocycles. The molecule has 1 aliphatic rings. The predicted molar refractivity (Wildman–Crippen MR) is 102 cm³/mol. The van der Waals surface area contributed by atoms with Crippen LogP contribution in [0.4, 0.5) is 0 Å². The molecule has 1 fully saturated rings. The van der Waals surface area contributed by atoms with Crippen LogP contribution < -0.4 is 10.6 Å². The van der Waals surface area contributed by atoms with Crippen molar-refractivity contribution in [2.24, 2.45) is 5.92 Å². The Kier molecular flexibility index (Phi) is 8.34. The van der Waals surface area contributed by atoms with Gasteiger partial charge in [0.25, 0.3) is 5.91 Å². The third-order valence-corrected chi connectivity index (χ3v) is 6.48. The minimum Gasteiger partial charge on any atom is -0.352 e. The lowest BCUT2D eigenvalue weighted by atomic mass is 10.00. The van der Waals surface area contributed by atoms with E-state index in [4.69, 9.17) is 0 Å². The minimum atomic E-state index is -3.59. The Labute approximate surface area is 156 Å². The van der Waals surface area contributed by atoms with Gasteiger partial charge in [0.05, 0.1) is 4.90 Å². The van der Waals surface area contributed by atoms with Crippen LogP contribution in [-0.2, 0) is 10.0 Å². The second-order valence-electron chi connectivity index (χ2n) is 6.57. The molecule has 1 atom stereocenters. The van der Waals surface area contributed by atoms with Gasteiger partial charge in [-0.3, -0.25) is 4.79 Å². The molecule has 2 N–H and O–H groups in total. The Morgan fingerprint density at radius 3 is 2.72 bits per heavy atom. The maximum atomic E-state index is 12.5. The van der Waals surface area contributed by atoms with Crippen LogP contribution in [0.15, 0.2) is 29.2 Å². The van der Waals surface area contributed by atoms with Crippen molar-refractivity contribution < 1.29 is 13.2 Å². The number of sulfonamides is 1. The molecular formula is C17H28ClN3O3S. The number of rotatable bonds is 6. The van der Waals surface area contributed by atoms with E-state index in [1.54, 1.807) is 19.2 Å². The van der Waals surface area contributed by atoms with Gasteiger partial charge in [0, 0.05) is 25.2 Å². The molecule has 6 nitrogen and oxygen atoms in total. The van der Waals surface area contributed by atoms with E-state index < -0.39 is 10.0 Å². The molecule has 2 rings (SSSR count). The van der Waals surface area contributed by atoms with E-state index in [1.165, 1.54) is 16.4 Å². The van der Waals surface area contributed by atoms with Crippen molar-refractivity contribution in [3.63, 3.8) is 0 Å². The number of halogens is 1. The molecule has 1 aliphatic heterocycles. The summed E-state index contributed by atoms with van der Waals surface area (Å²) in [6, 6.07) is 6.07. The number of benzene rings is 1. The van der Waals surface area contributed by atoms with Gasteiger partial charge in [-0.05, 0) is 63.9 Å². The molecular weight excluding hydrogens is 362 g/mol. The third kappa shape index (κ3) is 5.67. The van der Waals surface area contributed by atoms with Crippen molar-refractivity contribution in [3.05, 3.63) is 29.8 Å². The second-order valence-corrected chi connectivity index (χ2v) is 8.56. The smallest absolute Gasteiger partial charge is 0.251 e. The molecule has 142 valence electrons. The average Bonchev–Trinajstić information content (AvgIpc) is 2.59. The summed E-state index contributed by atoms with van der Waals surface area (Å²) in [4.78, 5) is 12.5. The number of hydrogen-bond acceptors (Lipinski definition) is 4. The van der Waals surface area contributed by atoms with Gasteiger partial charge in [-0.25, -0.2) is 8.42 Å². The first-order valence-electron chi connectivity index (χ1n) is 8.39. The maximum Gasteiger partial charge on any atom is 0.251 e. The van der Waals surface area contributed by atoms with Gasteiger partial charge in [-0.2, -0.15) is 4.31 Å². The first-order chi connectivity index (χ1) is 11.3.